The number of nitrogens with zero attached hydrogens (tertiary/aromatic N) is 1. The lowest BCUT2D eigenvalue weighted by Crippen LogP contribution is -2.42. The highest BCUT2D eigenvalue weighted by molar-refractivity contribution is 6.36. The van der Waals surface area contributed by atoms with E-state index in [1.807, 2.05) is 53.4 Å². The Hall–Kier alpha value is -2.36. The summed E-state index contributed by atoms with van der Waals surface area (Å²) < 4.78 is 0. The van der Waals surface area contributed by atoms with Gasteiger partial charge in [0.1, 0.15) is 0 Å². The molecule has 1 aliphatic rings. The summed E-state index contributed by atoms with van der Waals surface area (Å²) in [5, 5.41) is 2.77. The summed E-state index contributed by atoms with van der Waals surface area (Å²) in [4.78, 5) is 14.6. The molecule has 1 unspecified atom stereocenters. The molecule has 3 aromatic rings. The molecule has 3 nitrogen and oxygen atoms in total. The number of amides is 1. The predicted molar refractivity (Wildman–Crippen MR) is 101 cm³/mol. The van der Waals surface area contributed by atoms with Gasteiger partial charge < -0.3 is 10.6 Å². The summed E-state index contributed by atoms with van der Waals surface area (Å²) in [6, 6.07) is 19.5. The smallest absolute Gasteiger partial charge is 0.240 e. The third kappa shape index (κ3) is 3.01. The van der Waals surface area contributed by atoms with Crippen molar-refractivity contribution in [3.63, 3.8) is 0 Å². The van der Waals surface area contributed by atoms with E-state index in [4.69, 9.17) is 17.3 Å². The van der Waals surface area contributed by atoms with E-state index in [0.29, 0.717) is 24.5 Å². The third-order valence-corrected chi connectivity index (χ3v) is 5.30. The van der Waals surface area contributed by atoms with Gasteiger partial charge in [0.2, 0.25) is 5.91 Å². The fourth-order valence-electron chi connectivity index (χ4n) is 3.48. The molecule has 3 aromatic carbocycles. The zero-order chi connectivity index (χ0) is 17.4. The van der Waals surface area contributed by atoms with Crippen LogP contribution in [0.1, 0.15) is 16.7 Å². The van der Waals surface area contributed by atoms with Crippen LogP contribution in [0.2, 0.25) is 5.02 Å². The van der Waals surface area contributed by atoms with E-state index in [-0.39, 0.29) is 5.91 Å². The van der Waals surface area contributed by atoms with Crippen molar-refractivity contribution in [1.82, 2.24) is 4.90 Å². The van der Waals surface area contributed by atoms with Gasteiger partial charge in [0.15, 0.2) is 0 Å². The van der Waals surface area contributed by atoms with Crippen molar-refractivity contribution in [3.05, 3.63) is 82.4 Å². The minimum Gasteiger partial charge on any atom is -0.333 e. The first-order chi connectivity index (χ1) is 12.1. The van der Waals surface area contributed by atoms with Gasteiger partial charge in [0.25, 0.3) is 0 Å². The Morgan fingerprint density at radius 1 is 1.00 bits per heavy atom. The number of carbonyl (C=O) groups is 1. The summed E-state index contributed by atoms with van der Waals surface area (Å²) in [6.07, 6.45) is 0.440. The Morgan fingerprint density at radius 2 is 1.64 bits per heavy atom. The highest BCUT2D eigenvalue weighted by Crippen LogP contribution is 2.29. The number of hydrogen-bond donors (Lipinski definition) is 1. The number of carbonyl (C=O) groups excluding carboxylic acids is 1. The fraction of sp³-hybridized carbons (Fsp3) is 0.190. The summed E-state index contributed by atoms with van der Waals surface area (Å²) in [5.41, 5.74) is 9.54. The number of fused-ring (bicyclic) bond motifs is 2. The van der Waals surface area contributed by atoms with Crippen LogP contribution in [0, 0.1) is 0 Å². The van der Waals surface area contributed by atoms with E-state index in [1.54, 1.807) is 0 Å². The second-order valence-electron chi connectivity index (χ2n) is 6.53. The molecular weight excluding hydrogens is 332 g/mol. The highest BCUT2D eigenvalue weighted by Gasteiger charge is 2.27. The first kappa shape index (κ1) is 16.1. The third-order valence-electron chi connectivity index (χ3n) is 4.85. The van der Waals surface area contributed by atoms with Crippen molar-refractivity contribution in [2.45, 2.75) is 25.6 Å². The molecular formula is C21H19ClN2O. The van der Waals surface area contributed by atoms with Gasteiger partial charge >= 0.3 is 0 Å². The second kappa shape index (κ2) is 6.51. The van der Waals surface area contributed by atoms with Crippen LogP contribution in [0.15, 0.2) is 60.7 Å². The molecule has 4 rings (SSSR count). The molecule has 0 radical (unpaired) electrons. The van der Waals surface area contributed by atoms with Gasteiger partial charge in [-0.3, -0.25) is 4.79 Å². The average molecular weight is 351 g/mol. The second-order valence-corrected chi connectivity index (χ2v) is 6.91. The monoisotopic (exact) mass is 350 g/mol. The van der Waals surface area contributed by atoms with E-state index < -0.39 is 6.04 Å². The van der Waals surface area contributed by atoms with Crippen molar-refractivity contribution >= 4 is 28.3 Å². The lowest BCUT2D eigenvalue weighted by molar-refractivity contribution is -0.133. The van der Waals surface area contributed by atoms with Crippen molar-refractivity contribution in [1.29, 1.82) is 0 Å². The van der Waals surface area contributed by atoms with Crippen molar-refractivity contribution < 1.29 is 4.79 Å². The van der Waals surface area contributed by atoms with Crippen LogP contribution in [0.25, 0.3) is 10.8 Å². The maximum Gasteiger partial charge on any atom is 0.240 e. The standard InChI is InChI=1S/C21H19ClN2O/c22-20-15(10-9-14-5-3-4-8-18(14)20)11-19(23)21(25)24-12-16-6-1-2-7-17(16)13-24/h1-10,19H,11-13,23H2. The summed E-state index contributed by atoms with van der Waals surface area (Å²) in [5.74, 6) is -0.0274. The van der Waals surface area contributed by atoms with E-state index >= 15 is 0 Å². The SMILES string of the molecule is NC(Cc1ccc2ccccc2c1Cl)C(=O)N1Cc2ccccc2C1. The van der Waals surface area contributed by atoms with E-state index in [0.717, 1.165) is 16.3 Å². The quantitative estimate of drug-likeness (QED) is 0.778. The molecule has 1 atom stereocenters. The van der Waals surface area contributed by atoms with Gasteiger partial charge in [-0.05, 0) is 28.5 Å². The predicted octanol–water partition coefficient (Wildman–Crippen LogP) is 3.91. The fourth-order valence-corrected chi connectivity index (χ4v) is 3.80. The van der Waals surface area contributed by atoms with Gasteiger partial charge in [-0.25, -0.2) is 0 Å². The lowest BCUT2D eigenvalue weighted by atomic mass is 10.0. The van der Waals surface area contributed by atoms with Crippen LogP contribution >= 0.6 is 11.6 Å². The minimum absolute atomic E-state index is 0.0274. The largest absolute Gasteiger partial charge is 0.333 e. The van der Waals surface area contributed by atoms with E-state index in [1.165, 1.54) is 11.1 Å². The summed E-state index contributed by atoms with van der Waals surface area (Å²) >= 11 is 6.54. The van der Waals surface area contributed by atoms with Crippen LogP contribution in [0.3, 0.4) is 0 Å². The maximum atomic E-state index is 12.8. The lowest BCUT2D eigenvalue weighted by Gasteiger charge is -2.21. The zero-order valence-electron chi connectivity index (χ0n) is 13.8. The normalized spacial score (nSPS) is 14.6. The average Bonchev–Trinajstić information content (AvgIpc) is 3.07. The molecule has 0 fully saturated rings. The minimum atomic E-state index is -0.590. The van der Waals surface area contributed by atoms with Crippen molar-refractivity contribution in [2.24, 2.45) is 5.73 Å². The maximum absolute atomic E-state index is 12.8. The molecule has 0 aromatic heterocycles. The number of halogens is 1. The first-order valence-corrected chi connectivity index (χ1v) is 8.78. The molecule has 0 spiro atoms. The number of rotatable bonds is 3. The van der Waals surface area contributed by atoms with Gasteiger partial charge in [0.05, 0.1) is 11.1 Å². The van der Waals surface area contributed by atoms with Gasteiger partial charge in [0, 0.05) is 18.5 Å². The Bertz CT molecular complexity index is 929. The number of nitrogens with two attached hydrogens (primary N) is 1. The Labute approximate surface area is 152 Å². The molecule has 0 saturated carbocycles. The van der Waals surface area contributed by atoms with Crippen LogP contribution in [0.5, 0.6) is 0 Å². The molecule has 0 aliphatic carbocycles. The summed E-state index contributed by atoms with van der Waals surface area (Å²) in [7, 11) is 0. The highest BCUT2D eigenvalue weighted by atomic mass is 35.5. The van der Waals surface area contributed by atoms with Crippen LogP contribution in [0.4, 0.5) is 0 Å². The van der Waals surface area contributed by atoms with Crippen molar-refractivity contribution in [3.8, 4) is 0 Å². The van der Waals surface area contributed by atoms with Gasteiger partial charge in [-0.1, -0.05) is 72.3 Å². The molecule has 0 bridgehead atoms. The molecule has 4 heteroatoms. The number of benzene rings is 3. The molecule has 1 heterocycles. The molecule has 1 aliphatic heterocycles. The van der Waals surface area contributed by atoms with E-state index in [2.05, 4.69) is 12.1 Å². The molecule has 1 amide bonds. The zero-order valence-corrected chi connectivity index (χ0v) is 14.5. The van der Waals surface area contributed by atoms with Gasteiger partial charge in [-0.15, -0.1) is 0 Å². The van der Waals surface area contributed by atoms with Gasteiger partial charge in [-0.2, -0.15) is 0 Å². The van der Waals surface area contributed by atoms with Crippen LogP contribution in [-0.4, -0.2) is 16.8 Å². The molecule has 126 valence electrons. The topological polar surface area (TPSA) is 46.3 Å². The van der Waals surface area contributed by atoms with E-state index in [9.17, 15) is 4.79 Å². The molecule has 25 heavy (non-hydrogen) atoms. The molecule has 2 N–H and O–H groups in total. The van der Waals surface area contributed by atoms with Crippen LogP contribution in [-0.2, 0) is 24.3 Å². The van der Waals surface area contributed by atoms with Crippen LogP contribution < -0.4 is 5.73 Å². The molecule has 0 saturated heterocycles. The number of hydrogen-bond acceptors (Lipinski definition) is 2. The first-order valence-electron chi connectivity index (χ1n) is 8.41. The Morgan fingerprint density at radius 3 is 2.36 bits per heavy atom. The Balaban J connectivity index is 1.52. The van der Waals surface area contributed by atoms with Crippen molar-refractivity contribution in [2.75, 3.05) is 0 Å². The summed E-state index contributed by atoms with van der Waals surface area (Å²) in [6.45, 7) is 1.27. The Kier molecular flexibility index (Phi) is 4.20.